The minimum Gasteiger partial charge on any atom is -0.303 e. The predicted octanol–water partition coefficient (Wildman–Crippen LogP) is 2.94. The third-order valence-electron chi connectivity index (χ3n) is 2.70. The Kier molecular flexibility index (Phi) is 3.15. The topological polar surface area (TPSA) is 37.4 Å². The van der Waals surface area contributed by atoms with Crippen LogP contribution in [0.15, 0.2) is 34.8 Å². The van der Waals surface area contributed by atoms with Gasteiger partial charge < -0.3 is 4.90 Å². The molecule has 4 heteroatoms. The van der Waals surface area contributed by atoms with Crippen molar-refractivity contribution in [3.63, 3.8) is 0 Å². The van der Waals surface area contributed by atoms with Crippen molar-refractivity contribution in [3.8, 4) is 0 Å². The van der Waals surface area contributed by atoms with Crippen LogP contribution in [-0.4, -0.2) is 18.2 Å². The summed E-state index contributed by atoms with van der Waals surface area (Å²) in [5.74, 6) is -0.879. The first-order valence-electron chi connectivity index (χ1n) is 5.31. The molecule has 1 amide bonds. The summed E-state index contributed by atoms with van der Waals surface area (Å²) in [6.07, 6.45) is 0.694. The zero-order chi connectivity index (χ0) is 12.6. The number of amides is 1. The molecule has 1 aromatic rings. The van der Waals surface area contributed by atoms with Crippen molar-refractivity contribution in [1.82, 2.24) is 0 Å². The van der Waals surface area contributed by atoms with Crippen molar-refractivity contribution in [2.75, 3.05) is 11.4 Å². The molecule has 0 bridgehead atoms. The number of para-hydroxylation sites is 1. The van der Waals surface area contributed by atoms with E-state index in [4.69, 9.17) is 0 Å². The maximum atomic E-state index is 11.9. The van der Waals surface area contributed by atoms with Crippen molar-refractivity contribution in [2.45, 2.75) is 13.3 Å². The molecule has 1 aliphatic heterocycles. The van der Waals surface area contributed by atoms with Gasteiger partial charge in [-0.15, -0.1) is 6.58 Å². The maximum absolute atomic E-state index is 11.9. The summed E-state index contributed by atoms with van der Waals surface area (Å²) in [7, 11) is 0. The lowest BCUT2D eigenvalue weighted by Gasteiger charge is -2.17. The van der Waals surface area contributed by atoms with E-state index in [1.807, 2.05) is 13.0 Å². The maximum Gasteiger partial charge on any atom is 0.299 e. The Morgan fingerprint density at radius 1 is 1.41 bits per heavy atom. The van der Waals surface area contributed by atoms with Gasteiger partial charge in [-0.05, 0) is 41.4 Å². The third kappa shape index (κ3) is 2.05. The van der Waals surface area contributed by atoms with E-state index in [2.05, 4.69) is 22.5 Å². The van der Waals surface area contributed by atoms with Crippen molar-refractivity contribution >= 4 is 33.3 Å². The summed E-state index contributed by atoms with van der Waals surface area (Å²) in [6, 6.07) is 5.27. The lowest BCUT2D eigenvalue weighted by molar-refractivity contribution is -0.114. The van der Waals surface area contributed by atoms with E-state index in [0.29, 0.717) is 24.2 Å². The van der Waals surface area contributed by atoms with E-state index >= 15 is 0 Å². The lowest BCUT2D eigenvalue weighted by atomic mass is 10.1. The number of anilines is 1. The van der Waals surface area contributed by atoms with E-state index in [0.717, 1.165) is 10.0 Å². The van der Waals surface area contributed by atoms with Crippen LogP contribution in [0, 0.1) is 0 Å². The number of benzene rings is 1. The van der Waals surface area contributed by atoms with Gasteiger partial charge in [0, 0.05) is 11.0 Å². The van der Waals surface area contributed by atoms with E-state index in [1.165, 1.54) is 4.90 Å². The molecule has 0 fully saturated rings. The monoisotopic (exact) mass is 293 g/mol. The molecular formula is C13H12BrNO2. The number of fused-ring (bicyclic) bond motifs is 1. The standard InChI is InChI=1S/C13H12BrNO2/c1-8(2)6-7-15-11-9(12(16)13(15)17)4-3-5-10(11)14/h3-5H,1,6-7H2,2H3. The minimum absolute atomic E-state index is 0.428. The average Bonchev–Trinajstić information content (AvgIpc) is 2.52. The number of halogens is 1. The predicted molar refractivity (Wildman–Crippen MR) is 70.3 cm³/mol. The molecule has 17 heavy (non-hydrogen) atoms. The van der Waals surface area contributed by atoms with Gasteiger partial charge in [-0.1, -0.05) is 11.6 Å². The quantitative estimate of drug-likeness (QED) is 0.635. The number of carbonyl (C=O) groups is 2. The highest BCUT2D eigenvalue weighted by molar-refractivity contribution is 9.10. The highest BCUT2D eigenvalue weighted by Crippen LogP contribution is 2.36. The molecule has 0 N–H and O–H groups in total. The van der Waals surface area contributed by atoms with Gasteiger partial charge in [0.15, 0.2) is 0 Å². The highest BCUT2D eigenvalue weighted by Gasteiger charge is 2.36. The van der Waals surface area contributed by atoms with Crippen LogP contribution in [0.2, 0.25) is 0 Å². The van der Waals surface area contributed by atoms with Crippen LogP contribution in [-0.2, 0) is 4.79 Å². The van der Waals surface area contributed by atoms with Gasteiger partial charge >= 0.3 is 0 Å². The third-order valence-corrected chi connectivity index (χ3v) is 3.34. The summed E-state index contributed by atoms with van der Waals surface area (Å²) >= 11 is 3.38. The molecule has 0 atom stereocenters. The SMILES string of the molecule is C=C(C)CCN1C(=O)C(=O)c2cccc(Br)c21. The Bertz CT molecular complexity index is 522. The van der Waals surface area contributed by atoms with Gasteiger partial charge in [-0.25, -0.2) is 0 Å². The van der Waals surface area contributed by atoms with E-state index in [-0.39, 0.29) is 0 Å². The van der Waals surface area contributed by atoms with Gasteiger partial charge in [0.2, 0.25) is 0 Å². The molecule has 1 aromatic carbocycles. The van der Waals surface area contributed by atoms with Crippen molar-refractivity contribution in [1.29, 1.82) is 0 Å². The number of hydrogen-bond acceptors (Lipinski definition) is 2. The second kappa shape index (κ2) is 4.45. The van der Waals surface area contributed by atoms with E-state index in [1.54, 1.807) is 12.1 Å². The number of carbonyl (C=O) groups excluding carboxylic acids is 2. The fraction of sp³-hybridized carbons (Fsp3) is 0.231. The molecule has 0 aromatic heterocycles. The summed E-state index contributed by atoms with van der Waals surface area (Å²) in [6.45, 7) is 6.21. The zero-order valence-corrected chi connectivity index (χ0v) is 11.1. The van der Waals surface area contributed by atoms with Crippen molar-refractivity contribution < 1.29 is 9.59 Å². The van der Waals surface area contributed by atoms with Crippen LogP contribution in [0.1, 0.15) is 23.7 Å². The van der Waals surface area contributed by atoms with Gasteiger partial charge in [0.1, 0.15) is 0 Å². The molecule has 0 aliphatic carbocycles. The normalized spacial score (nSPS) is 14.1. The van der Waals surface area contributed by atoms with Crippen LogP contribution < -0.4 is 4.90 Å². The number of Topliss-reactive ketones (excluding diaryl/α,β-unsaturated/α-hetero) is 1. The van der Waals surface area contributed by atoms with Crippen molar-refractivity contribution in [2.24, 2.45) is 0 Å². The van der Waals surface area contributed by atoms with Gasteiger partial charge in [-0.3, -0.25) is 9.59 Å². The molecule has 88 valence electrons. The summed E-state index contributed by atoms with van der Waals surface area (Å²) < 4.78 is 0.774. The van der Waals surface area contributed by atoms with Crippen molar-refractivity contribution in [3.05, 3.63) is 40.4 Å². The van der Waals surface area contributed by atoms with Crippen LogP contribution in [0.4, 0.5) is 5.69 Å². The van der Waals surface area contributed by atoms with Crippen LogP contribution in [0.5, 0.6) is 0 Å². The smallest absolute Gasteiger partial charge is 0.299 e. The van der Waals surface area contributed by atoms with Crippen LogP contribution >= 0.6 is 15.9 Å². The lowest BCUT2D eigenvalue weighted by Crippen LogP contribution is -2.30. The fourth-order valence-corrected chi connectivity index (χ4v) is 2.41. The molecule has 0 unspecified atom stereocenters. The van der Waals surface area contributed by atoms with Gasteiger partial charge in [0.05, 0.1) is 11.3 Å². The summed E-state index contributed by atoms with van der Waals surface area (Å²) in [5.41, 5.74) is 2.15. The Hall–Kier alpha value is -1.42. The molecule has 1 heterocycles. The van der Waals surface area contributed by atoms with Gasteiger partial charge in [0.25, 0.3) is 11.7 Å². The largest absolute Gasteiger partial charge is 0.303 e. The second-order valence-corrected chi connectivity index (χ2v) is 4.98. The molecule has 0 spiro atoms. The molecule has 0 saturated heterocycles. The summed E-state index contributed by atoms with van der Waals surface area (Å²) in [4.78, 5) is 25.1. The van der Waals surface area contributed by atoms with Crippen LogP contribution in [0.3, 0.4) is 0 Å². The average molecular weight is 294 g/mol. The molecule has 2 rings (SSSR count). The Morgan fingerprint density at radius 3 is 2.76 bits per heavy atom. The van der Waals surface area contributed by atoms with Crippen LogP contribution in [0.25, 0.3) is 0 Å². The number of hydrogen-bond donors (Lipinski definition) is 0. The molecule has 1 aliphatic rings. The number of ketones is 1. The number of rotatable bonds is 3. The van der Waals surface area contributed by atoms with E-state index in [9.17, 15) is 9.59 Å². The van der Waals surface area contributed by atoms with E-state index < -0.39 is 11.7 Å². The molecular weight excluding hydrogens is 282 g/mol. The zero-order valence-electron chi connectivity index (χ0n) is 9.50. The molecule has 3 nitrogen and oxygen atoms in total. The summed E-state index contributed by atoms with van der Waals surface area (Å²) in [5, 5.41) is 0. The molecule has 0 radical (unpaired) electrons. The fourth-order valence-electron chi connectivity index (χ4n) is 1.83. The number of nitrogens with zero attached hydrogens (tertiary/aromatic N) is 1. The first-order valence-corrected chi connectivity index (χ1v) is 6.10. The van der Waals surface area contributed by atoms with Gasteiger partial charge in [-0.2, -0.15) is 0 Å². The second-order valence-electron chi connectivity index (χ2n) is 4.13. The Labute approximate surface area is 108 Å². The molecule has 0 saturated carbocycles. The Morgan fingerprint density at radius 2 is 2.12 bits per heavy atom. The minimum atomic E-state index is -0.451. The first kappa shape index (κ1) is 12.0. The highest BCUT2D eigenvalue weighted by atomic mass is 79.9. The first-order chi connectivity index (χ1) is 8.02. The Balaban J connectivity index is 2.40.